The normalized spacial score (nSPS) is 11.8. The number of ether oxygens (including phenoxy) is 2. The number of hydrogen-bond donors (Lipinski definition) is 1. The summed E-state index contributed by atoms with van der Waals surface area (Å²) in [7, 11) is -1.69. The molecule has 1 unspecified atom stereocenters. The molecule has 9 nitrogen and oxygen atoms in total. The van der Waals surface area contributed by atoms with Crippen molar-refractivity contribution in [2.45, 2.75) is 43.7 Å². The standard InChI is InChI=1S/C36H38Cl2FN3O6S/c1-4-5-19-40-36(44)32(20-25-9-7-6-8-10-25)41(23-26-11-12-27(37)21-31(26)38)35(43)24-42(29-15-13-28(39)14-16-29)49(45,46)30-17-18-33(47-2)34(22-30)48-3/h6-18,21-22,32H,4-5,19-20,23-24H2,1-3H3,(H,40,44). The number of anilines is 1. The summed E-state index contributed by atoms with van der Waals surface area (Å²) in [4.78, 5) is 29.6. The van der Waals surface area contributed by atoms with Crippen LogP contribution < -0.4 is 19.1 Å². The summed E-state index contributed by atoms with van der Waals surface area (Å²) in [5.74, 6) is -1.25. The molecule has 0 saturated heterocycles. The van der Waals surface area contributed by atoms with Crippen molar-refractivity contribution in [1.29, 1.82) is 0 Å². The molecule has 49 heavy (non-hydrogen) atoms. The van der Waals surface area contributed by atoms with Crippen molar-refractivity contribution >= 4 is 50.7 Å². The minimum atomic E-state index is -4.48. The van der Waals surface area contributed by atoms with Crippen LogP contribution in [0.5, 0.6) is 11.5 Å². The van der Waals surface area contributed by atoms with Gasteiger partial charge in [-0.15, -0.1) is 0 Å². The molecule has 0 fully saturated rings. The molecule has 13 heteroatoms. The zero-order valence-corrected chi connectivity index (χ0v) is 29.7. The second-order valence-corrected chi connectivity index (χ2v) is 13.8. The first-order valence-electron chi connectivity index (χ1n) is 15.5. The molecule has 260 valence electrons. The van der Waals surface area contributed by atoms with Crippen molar-refractivity contribution in [2.24, 2.45) is 0 Å². The van der Waals surface area contributed by atoms with Crippen LogP contribution in [0.3, 0.4) is 0 Å². The molecule has 0 radical (unpaired) electrons. The first-order chi connectivity index (χ1) is 23.5. The maximum Gasteiger partial charge on any atom is 0.264 e. The Morgan fingerprint density at radius 1 is 0.898 bits per heavy atom. The maximum absolute atomic E-state index is 14.6. The average molecular weight is 731 g/mol. The van der Waals surface area contributed by atoms with E-state index in [-0.39, 0.29) is 34.3 Å². The highest BCUT2D eigenvalue weighted by atomic mass is 35.5. The minimum absolute atomic E-state index is 0.0287. The third kappa shape index (κ3) is 9.65. The fraction of sp³-hybridized carbons (Fsp3) is 0.278. The lowest BCUT2D eigenvalue weighted by atomic mass is 10.0. The number of hydrogen-bond acceptors (Lipinski definition) is 6. The molecular formula is C36H38Cl2FN3O6S. The highest BCUT2D eigenvalue weighted by Gasteiger charge is 2.35. The van der Waals surface area contributed by atoms with E-state index >= 15 is 0 Å². The smallest absolute Gasteiger partial charge is 0.264 e. The van der Waals surface area contributed by atoms with Crippen LogP contribution in [0.2, 0.25) is 10.0 Å². The number of carbonyl (C=O) groups excluding carboxylic acids is 2. The molecule has 4 aromatic carbocycles. The van der Waals surface area contributed by atoms with Gasteiger partial charge in [-0.3, -0.25) is 13.9 Å². The second kappa shape index (κ2) is 17.4. The van der Waals surface area contributed by atoms with Crippen molar-refractivity contribution in [3.05, 3.63) is 118 Å². The van der Waals surface area contributed by atoms with Crippen LogP contribution in [0.15, 0.2) is 95.9 Å². The van der Waals surface area contributed by atoms with Crippen LogP contribution in [0.1, 0.15) is 30.9 Å². The Morgan fingerprint density at radius 3 is 2.22 bits per heavy atom. The van der Waals surface area contributed by atoms with Gasteiger partial charge in [0.2, 0.25) is 11.8 Å². The van der Waals surface area contributed by atoms with E-state index in [2.05, 4.69) is 5.32 Å². The summed E-state index contributed by atoms with van der Waals surface area (Å²) in [6.45, 7) is 1.51. The lowest BCUT2D eigenvalue weighted by Gasteiger charge is -2.34. The van der Waals surface area contributed by atoms with E-state index in [1.807, 2.05) is 37.3 Å². The van der Waals surface area contributed by atoms with Crippen molar-refractivity contribution in [2.75, 3.05) is 31.6 Å². The summed E-state index contributed by atoms with van der Waals surface area (Å²) >= 11 is 12.7. The average Bonchev–Trinajstić information content (AvgIpc) is 3.10. The van der Waals surface area contributed by atoms with Crippen LogP contribution >= 0.6 is 23.2 Å². The first kappa shape index (κ1) is 37.5. The predicted octanol–water partition coefficient (Wildman–Crippen LogP) is 6.90. The van der Waals surface area contributed by atoms with Gasteiger partial charge in [-0.1, -0.05) is 72.9 Å². The number of unbranched alkanes of at least 4 members (excludes halogenated alkanes) is 1. The van der Waals surface area contributed by atoms with E-state index in [4.69, 9.17) is 32.7 Å². The quantitative estimate of drug-likeness (QED) is 0.126. The van der Waals surface area contributed by atoms with E-state index in [1.165, 1.54) is 55.5 Å². The summed E-state index contributed by atoms with van der Waals surface area (Å²) in [6, 6.07) is 21.7. The monoisotopic (exact) mass is 729 g/mol. The number of methoxy groups -OCH3 is 2. The Hall–Kier alpha value is -4.32. The zero-order valence-electron chi connectivity index (χ0n) is 27.4. The summed E-state index contributed by atoms with van der Waals surface area (Å²) < 4.78 is 54.1. The third-order valence-electron chi connectivity index (χ3n) is 7.79. The molecule has 0 aliphatic carbocycles. The molecule has 4 aromatic rings. The summed E-state index contributed by atoms with van der Waals surface area (Å²) in [6.07, 6.45) is 1.70. The number of carbonyl (C=O) groups is 2. The molecule has 2 amide bonds. The molecular weight excluding hydrogens is 692 g/mol. The largest absolute Gasteiger partial charge is 0.493 e. The number of benzene rings is 4. The molecule has 4 rings (SSSR count). The fourth-order valence-corrected chi connectivity index (χ4v) is 7.03. The minimum Gasteiger partial charge on any atom is -0.493 e. The highest BCUT2D eigenvalue weighted by molar-refractivity contribution is 7.92. The molecule has 0 aliphatic heterocycles. The van der Waals surface area contributed by atoms with Gasteiger partial charge in [0, 0.05) is 35.6 Å². The lowest BCUT2D eigenvalue weighted by molar-refractivity contribution is -0.140. The van der Waals surface area contributed by atoms with Crippen LogP contribution in [0.25, 0.3) is 0 Å². The van der Waals surface area contributed by atoms with Crippen molar-refractivity contribution in [1.82, 2.24) is 10.2 Å². The maximum atomic E-state index is 14.6. The Morgan fingerprint density at radius 2 is 1.59 bits per heavy atom. The molecule has 1 atom stereocenters. The summed E-state index contributed by atoms with van der Waals surface area (Å²) in [5.41, 5.74) is 1.31. The van der Waals surface area contributed by atoms with E-state index in [1.54, 1.807) is 12.1 Å². The first-order valence-corrected chi connectivity index (χ1v) is 17.7. The van der Waals surface area contributed by atoms with Gasteiger partial charge in [0.1, 0.15) is 18.4 Å². The van der Waals surface area contributed by atoms with E-state index < -0.39 is 40.2 Å². The van der Waals surface area contributed by atoms with Crippen LogP contribution in [0, 0.1) is 5.82 Å². The van der Waals surface area contributed by atoms with E-state index in [9.17, 15) is 22.4 Å². The molecule has 0 spiro atoms. The fourth-order valence-electron chi connectivity index (χ4n) is 5.13. The van der Waals surface area contributed by atoms with Gasteiger partial charge in [-0.2, -0.15) is 0 Å². The number of nitrogens with zero attached hydrogens (tertiary/aromatic N) is 2. The number of amides is 2. The van der Waals surface area contributed by atoms with Gasteiger partial charge in [0.15, 0.2) is 11.5 Å². The molecule has 1 N–H and O–H groups in total. The van der Waals surface area contributed by atoms with Crippen molar-refractivity contribution in [3.8, 4) is 11.5 Å². The molecule has 0 bridgehead atoms. The van der Waals surface area contributed by atoms with Crippen molar-refractivity contribution < 1.29 is 31.9 Å². The van der Waals surface area contributed by atoms with Gasteiger partial charge in [-0.05, 0) is 66.1 Å². The Bertz CT molecular complexity index is 1850. The number of sulfonamides is 1. The number of halogens is 3. The zero-order chi connectivity index (χ0) is 35.6. The molecule has 0 aliphatic rings. The van der Waals surface area contributed by atoms with E-state index in [0.717, 1.165) is 34.8 Å². The van der Waals surface area contributed by atoms with Crippen LogP contribution in [-0.4, -0.2) is 58.5 Å². The Labute approximate surface area is 296 Å². The molecule has 0 saturated carbocycles. The SMILES string of the molecule is CCCCNC(=O)C(Cc1ccccc1)N(Cc1ccc(Cl)cc1Cl)C(=O)CN(c1ccc(F)cc1)S(=O)(=O)c1ccc(OC)c(OC)c1. The molecule has 0 heterocycles. The Balaban J connectivity index is 1.83. The van der Waals surface area contributed by atoms with Crippen molar-refractivity contribution in [3.63, 3.8) is 0 Å². The van der Waals surface area contributed by atoms with Gasteiger partial charge >= 0.3 is 0 Å². The summed E-state index contributed by atoms with van der Waals surface area (Å²) in [5, 5.41) is 3.58. The van der Waals surface area contributed by atoms with Gasteiger partial charge in [0.25, 0.3) is 10.0 Å². The number of nitrogens with one attached hydrogen (secondary N) is 1. The van der Waals surface area contributed by atoms with Gasteiger partial charge in [0.05, 0.1) is 24.8 Å². The van der Waals surface area contributed by atoms with Gasteiger partial charge in [-0.25, -0.2) is 12.8 Å². The van der Waals surface area contributed by atoms with E-state index in [0.29, 0.717) is 22.9 Å². The number of rotatable bonds is 16. The highest BCUT2D eigenvalue weighted by Crippen LogP contribution is 2.33. The van der Waals surface area contributed by atoms with Gasteiger partial charge < -0.3 is 19.7 Å². The van der Waals surface area contributed by atoms with Crippen LogP contribution in [0.4, 0.5) is 10.1 Å². The van der Waals surface area contributed by atoms with Crippen LogP contribution in [-0.2, 0) is 32.6 Å². The second-order valence-electron chi connectivity index (χ2n) is 11.1. The molecule has 0 aromatic heterocycles. The Kier molecular flexibility index (Phi) is 13.3. The third-order valence-corrected chi connectivity index (χ3v) is 10.1. The lowest BCUT2D eigenvalue weighted by Crippen LogP contribution is -2.53. The predicted molar refractivity (Wildman–Crippen MR) is 189 cm³/mol. The topological polar surface area (TPSA) is 105 Å².